The number of aliphatic hydroxyl groups is 1. The molecule has 0 spiro atoms. The molecule has 0 unspecified atom stereocenters. The van der Waals surface area contributed by atoms with Gasteiger partial charge in [0, 0.05) is 12.8 Å². The Kier molecular flexibility index (Phi) is 7.30. The molecule has 0 amide bonds. The Labute approximate surface area is 130 Å². The van der Waals surface area contributed by atoms with Gasteiger partial charge in [-0.05, 0) is 39.5 Å². The fourth-order valence-electron chi connectivity index (χ4n) is 2.39. The van der Waals surface area contributed by atoms with Crippen LogP contribution in [0.15, 0.2) is 0 Å². The molecular formula is C19H30O2. The number of unbranched alkanes of at least 4 members (excludes halogenated alkanes) is 4. The van der Waals surface area contributed by atoms with Crippen LogP contribution in [0, 0.1) is 23.7 Å². The normalized spacial score (nSPS) is 20.3. The third kappa shape index (κ3) is 6.13. The average Bonchev–Trinajstić information content (AvgIpc) is 2.81. The Morgan fingerprint density at radius 3 is 2.00 bits per heavy atom. The van der Waals surface area contributed by atoms with Gasteiger partial charge < -0.3 is 9.84 Å². The Balaban J connectivity index is 2.81. The fourth-order valence-corrected chi connectivity index (χ4v) is 2.39. The summed E-state index contributed by atoms with van der Waals surface area (Å²) in [6.45, 7) is 8.40. The second-order valence-corrected chi connectivity index (χ2v) is 6.48. The van der Waals surface area contributed by atoms with Crippen LogP contribution >= 0.6 is 0 Å². The van der Waals surface area contributed by atoms with Gasteiger partial charge in [0.2, 0.25) is 5.60 Å². The maximum Gasteiger partial charge on any atom is 0.214 e. The summed E-state index contributed by atoms with van der Waals surface area (Å²) in [7, 11) is 0. The number of hydrogen-bond donors (Lipinski definition) is 1. The van der Waals surface area contributed by atoms with Crippen molar-refractivity contribution in [2.24, 2.45) is 0 Å². The van der Waals surface area contributed by atoms with Gasteiger partial charge >= 0.3 is 0 Å². The molecule has 1 heterocycles. The van der Waals surface area contributed by atoms with Crippen LogP contribution in [0.3, 0.4) is 0 Å². The van der Waals surface area contributed by atoms with Gasteiger partial charge in [0.05, 0.1) is 5.60 Å². The van der Waals surface area contributed by atoms with Gasteiger partial charge in [-0.15, -0.1) is 0 Å². The molecule has 2 heteroatoms. The molecule has 0 saturated carbocycles. The fraction of sp³-hybridized carbons (Fsp3) is 0.789. The summed E-state index contributed by atoms with van der Waals surface area (Å²) in [5.41, 5.74) is -1.50. The second kappa shape index (κ2) is 8.47. The van der Waals surface area contributed by atoms with Crippen molar-refractivity contribution in [2.45, 2.75) is 96.4 Å². The summed E-state index contributed by atoms with van der Waals surface area (Å²) in [5.74, 6) is 12.2. The summed E-state index contributed by atoms with van der Waals surface area (Å²) in [6, 6.07) is 0. The molecule has 2 nitrogen and oxygen atoms in total. The third-order valence-electron chi connectivity index (χ3n) is 3.80. The first-order valence-corrected chi connectivity index (χ1v) is 8.34. The van der Waals surface area contributed by atoms with E-state index in [9.17, 15) is 5.11 Å². The van der Waals surface area contributed by atoms with Gasteiger partial charge in [0.1, 0.15) is 6.10 Å². The first-order chi connectivity index (χ1) is 9.93. The first kappa shape index (κ1) is 18.1. The van der Waals surface area contributed by atoms with Crippen molar-refractivity contribution in [3.63, 3.8) is 0 Å². The third-order valence-corrected chi connectivity index (χ3v) is 3.80. The molecule has 1 saturated heterocycles. The zero-order chi connectivity index (χ0) is 15.8. The Morgan fingerprint density at radius 2 is 1.62 bits per heavy atom. The van der Waals surface area contributed by atoms with Gasteiger partial charge in [0.15, 0.2) is 0 Å². The topological polar surface area (TPSA) is 29.5 Å². The molecule has 1 aliphatic rings. The molecule has 0 bridgehead atoms. The van der Waals surface area contributed by atoms with Crippen LogP contribution in [-0.4, -0.2) is 22.4 Å². The lowest BCUT2D eigenvalue weighted by Crippen LogP contribution is -2.41. The smallest absolute Gasteiger partial charge is 0.214 e. The lowest BCUT2D eigenvalue weighted by molar-refractivity contribution is -0.0773. The van der Waals surface area contributed by atoms with E-state index in [2.05, 4.69) is 51.4 Å². The molecule has 0 radical (unpaired) electrons. The highest BCUT2D eigenvalue weighted by molar-refractivity contribution is 5.32. The predicted molar refractivity (Wildman–Crippen MR) is 87.7 cm³/mol. The maximum atomic E-state index is 10.9. The van der Waals surface area contributed by atoms with Crippen LogP contribution in [0.5, 0.6) is 0 Å². The van der Waals surface area contributed by atoms with Crippen LogP contribution in [-0.2, 0) is 4.74 Å². The quantitative estimate of drug-likeness (QED) is 0.611. The van der Waals surface area contributed by atoms with E-state index in [-0.39, 0.29) is 11.7 Å². The monoisotopic (exact) mass is 290 g/mol. The van der Waals surface area contributed by atoms with Gasteiger partial charge in [0.25, 0.3) is 0 Å². The van der Waals surface area contributed by atoms with Crippen LogP contribution in [0.2, 0.25) is 0 Å². The molecule has 0 aromatic rings. The molecule has 0 aromatic heterocycles. The van der Waals surface area contributed by atoms with E-state index >= 15 is 0 Å². The van der Waals surface area contributed by atoms with E-state index in [1.807, 2.05) is 0 Å². The number of ether oxygens (including phenoxy) is 1. The van der Waals surface area contributed by atoms with E-state index < -0.39 is 5.60 Å². The van der Waals surface area contributed by atoms with E-state index in [4.69, 9.17) is 4.74 Å². The zero-order valence-electron chi connectivity index (χ0n) is 14.1. The molecule has 0 aromatic carbocycles. The molecular weight excluding hydrogens is 260 g/mol. The van der Waals surface area contributed by atoms with E-state index in [1.165, 1.54) is 0 Å². The van der Waals surface area contributed by atoms with Crippen LogP contribution in [0.25, 0.3) is 0 Å². The minimum Gasteiger partial charge on any atom is -0.367 e. The van der Waals surface area contributed by atoms with Crippen molar-refractivity contribution in [3.05, 3.63) is 0 Å². The van der Waals surface area contributed by atoms with Crippen molar-refractivity contribution in [2.75, 3.05) is 0 Å². The number of hydrogen-bond acceptors (Lipinski definition) is 2. The first-order valence-electron chi connectivity index (χ1n) is 8.34. The van der Waals surface area contributed by atoms with Crippen LogP contribution in [0.4, 0.5) is 0 Å². The number of rotatable bonds is 5. The molecule has 21 heavy (non-hydrogen) atoms. The standard InChI is InChI=1S/C19H30O2/c1-5-7-9-11-14-19(20,15-12-10-8-6-2)17-13-16-18(3,4)21-17/h17,20H,5-10,13,16H2,1-4H3/t17-/m0/s1. The Hall–Kier alpha value is -0.960. The van der Waals surface area contributed by atoms with Crippen molar-refractivity contribution < 1.29 is 9.84 Å². The van der Waals surface area contributed by atoms with Gasteiger partial charge in [-0.1, -0.05) is 50.4 Å². The predicted octanol–water partition coefficient (Wildman–Crippen LogP) is 4.06. The zero-order valence-corrected chi connectivity index (χ0v) is 14.1. The van der Waals surface area contributed by atoms with Gasteiger partial charge in [-0.2, -0.15) is 0 Å². The van der Waals surface area contributed by atoms with Gasteiger partial charge in [-0.3, -0.25) is 0 Å². The highest BCUT2D eigenvalue weighted by Crippen LogP contribution is 2.34. The van der Waals surface area contributed by atoms with Crippen molar-refractivity contribution in [1.82, 2.24) is 0 Å². The van der Waals surface area contributed by atoms with E-state index in [0.717, 1.165) is 51.4 Å². The van der Waals surface area contributed by atoms with Crippen molar-refractivity contribution in [1.29, 1.82) is 0 Å². The lowest BCUT2D eigenvalue weighted by atomic mass is 9.94. The highest BCUT2D eigenvalue weighted by atomic mass is 16.5. The Morgan fingerprint density at radius 1 is 1.10 bits per heavy atom. The van der Waals surface area contributed by atoms with Crippen molar-refractivity contribution in [3.8, 4) is 23.7 Å². The summed E-state index contributed by atoms with van der Waals surface area (Å²) in [6.07, 6.45) is 7.42. The molecule has 1 rings (SSSR count). The SMILES string of the molecule is CCCCC#CC(O)(C#CCCCC)[C@@H]1CCC(C)(C)O1. The van der Waals surface area contributed by atoms with E-state index in [1.54, 1.807) is 0 Å². The highest BCUT2D eigenvalue weighted by Gasteiger charge is 2.43. The second-order valence-electron chi connectivity index (χ2n) is 6.48. The molecule has 1 aliphatic heterocycles. The maximum absolute atomic E-state index is 10.9. The van der Waals surface area contributed by atoms with Crippen LogP contribution < -0.4 is 0 Å². The molecule has 1 fully saturated rings. The molecule has 0 aliphatic carbocycles. The van der Waals surface area contributed by atoms with Gasteiger partial charge in [-0.25, -0.2) is 0 Å². The largest absolute Gasteiger partial charge is 0.367 e. The molecule has 1 atom stereocenters. The lowest BCUT2D eigenvalue weighted by Gasteiger charge is -2.26. The molecule has 118 valence electrons. The molecule has 1 N–H and O–H groups in total. The minimum absolute atomic E-state index is 0.186. The average molecular weight is 290 g/mol. The van der Waals surface area contributed by atoms with Crippen molar-refractivity contribution >= 4 is 0 Å². The summed E-state index contributed by atoms with van der Waals surface area (Å²) < 4.78 is 5.97. The summed E-state index contributed by atoms with van der Waals surface area (Å²) >= 11 is 0. The summed E-state index contributed by atoms with van der Waals surface area (Å²) in [4.78, 5) is 0. The summed E-state index contributed by atoms with van der Waals surface area (Å²) in [5, 5.41) is 10.9. The van der Waals surface area contributed by atoms with Crippen LogP contribution in [0.1, 0.15) is 79.1 Å². The minimum atomic E-state index is -1.31. The van der Waals surface area contributed by atoms with E-state index in [0.29, 0.717) is 0 Å². The Bertz CT molecular complexity index is 402.